The molecule has 2 heteroatoms. The van der Waals surface area contributed by atoms with Gasteiger partial charge in [-0.05, 0) is 107 Å². The van der Waals surface area contributed by atoms with Crippen LogP contribution in [0.15, 0.2) is 278 Å². The van der Waals surface area contributed by atoms with Crippen LogP contribution in [0.2, 0.25) is 0 Å². The van der Waals surface area contributed by atoms with Gasteiger partial charge < -0.3 is 0 Å². The Morgan fingerprint density at radius 3 is 1.30 bits per heavy atom. The predicted octanol–water partition coefficient (Wildman–Crippen LogP) is 17.1. The van der Waals surface area contributed by atoms with Gasteiger partial charge in [0.1, 0.15) is 0 Å². The van der Waals surface area contributed by atoms with Crippen LogP contribution in [0.1, 0.15) is 38.3 Å². The molecule has 0 aliphatic heterocycles. The second-order valence-electron chi connectivity index (χ2n) is 18.1. The lowest BCUT2D eigenvalue weighted by molar-refractivity contribution is 0.0965. The van der Waals surface area contributed by atoms with Crippen LogP contribution < -0.4 is 0 Å². The van der Waals surface area contributed by atoms with Gasteiger partial charge in [0, 0.05) is 22.3 Å². The highest BCUT2D eigenvalue weighted by Gasteiger charge is 2.47. The number of hydrogen-bond donors (Lipinski definition) is 0. The summed E-state index contributed by atoms with van der Waals surface area (Å²) in [6.07, 6.45) is 4.49. The Bertz CT molecular complexity index is 3790. The van der Waals surface area contributed by atoms with Gasteiger partial charge in [0.2, 0.25) is 0 Å². The van der Waals surface area contributed by atoms with Gasteiger partial charge >= 0.3 is 0 Å². The minimum absolute atomic E-state index is 0.0535. The summed E-state index contributed by atoms with van der Waals surface area (Å²) < 4.78 is 0. The van der Waals surface area contributed by atoms with Crippen LogP contribution in [-0.4, -0.2) is 11.6 Å². The minimum Gasteiger partial charge on any atom is -0.289 e. The zero-order valence-corrected chi connectivity index (χ0v) is 38.4. The molecule has 0 atom stereocenters. The minimum atomic E-state index is -0.674. The quantitative estimate of drug-likeness (QED) is 0.156. The summed E-state index contributed by atoms with van der Waals surface area (Å²) >= 11 is 0. The van der Waals surface area contributed by atoms with E-state index in [2.05, 4.69) is 194 Å². The molecule has 2 nitrogen and oxygen atoms in total. The zero-order chi connectivity index (χ0) is 47.0. The Morgan fingerprint density at radius 2 is 0.743 bits per heavy atom. The molecule has 11 aromatic rings. The van der Waals surface area contributed by atoms with Crippen molar-refractivity contribution in [3.63, 3.8) is 0 Å². The smallest absolute Gasteiger partial charge is 0.194 e. The van der Waals surface area contributed by atoms with Crippen molar-refractivity contribution in [3.05, 3.63) is 300 Å². The number of carbonyl (C=O) groups is 2. The van der Waals surface area contributed by atoms with Crippen molar-refractivity contribution in [1.82, 2.24) is 0 Å². The highest BCUT2D eigenvalue weighted by Crippen LogP contribution is 2.50. The van der Waals surface area contributed by atoms with E-state index in [4.69, 9.17) is 0 Å². The third-order valence-corrected chi connectivity index (χ3v) is 14.3. The lowest BCUT2D eigenvalue weighted by atomic mass is 9.60. The maximum atomic E-state index is 13.7. The number of allylic oxidation sites excluding steroid dienone is 4. The van der Waals surface area contributed by atoms with Gasteiger partial charge in [0.05, 0.1) is 5.41 Å². The van der Waals surface area contributed by atoms with E-state index in [1.807, 2.05) is 60.7 Å². The van der Waals surface area contributed by atoms with E-state index in [9.17, 15) is 9.59 Å². The van der Waals surface area contributed by atoms with Crippen molar-refractivity contribution in [1.29, 1.82) is 0 Å². The van der Waals surface area contributed by atoms with Crippen LogP contribution >= 0.6 is 0 Å². The first kappa shape index (κ1) is 42.4. The maximum Gasteiger partial charge on any atom is 0.194 e. The number of carbonyl (C=O) groups excluding carboxylic acids is 2. The normalized spacial score (nSPS) is 13.7. The van der Waals surface area contributed by atoms with E-state index in [1.54, 1.807) is 12.1 Å². The van der Waals surface area contributed by atoms with Crippen molar-refractivity contribution in [3.8, 4) is 44.5 Å². The zero-order valence-electron chi connectivity index (χ0n) is 38.4. The molecule has 2 aliphatic carbocycles. The Hall–Kier alpha value is -8.98. The summed E-state index contributed by atoms with van der Waals surface area (Å²) in [5.74, 6) is -0.125. The summed E-state index contributed by atoms with van der Waals surface area (Å²) in [6, 6.07) is 88.9. The van der Waals surface area contributed by atoms with Gasteiger partial charge in [-0.3, -0.25) is 9.59 Å². The molecule has 0 spiro atoms. The number of benzene rings is 11. The van der Waals surface area contributed by atoms with Crippen molar-refractivity contribution in [2.24, 2.45) is 0 Å². The fraction of sp³-hybridized carbons (Fsp3) is 0.0294. The Kier molecular flexibility index (Phi) is 10.8. The van der Waals surface area contributed by atoms with E-state index < -0.39 is 5.41 Å². The molecule has 0 radical (unpaired) electrons. The molecule has 330 valence electrons. The van der Waals surface area contributed by atoms with E-state index in [1.165, 1.54) is 76.8 Å². The average Bonchev–Trinajstić information content (AvgIpc) is 3.44. The summed E-state index contributed by atoms with van der Waals surface area (Å²) in [7, 11) is 0. The number of fused-ring (bicyclic) bond motifs is 4. The average molecular weight is 895 g/mol. The third-order valence-electron chi connectivity index (χ3n) is 14.3. The third kappa shape index (κ3) is 7.21. The molecule has 0 amide bonds. The van der Waals surface area contributed by atoms with Crippen LogP contribution in [-0.2, 0) is 5.41 Å². The fourth-order valence-corrected chi connectivity index (χ4v) is 11.1. The summed E-state index contributed by atoms with van der Waals surface area (Å²) in [6.45, 7) is 0. The van der Waals surface area contributed by atoms with E-state index in [-0.39, 0.29) is 11.6 Å². The monoisotopic (exact) mass is 894 g/mol. The summed E-state index contributed by atoms with van der Waals surface area (Å²) in [5.41, 5.74) is 13.5. The highest BCUT2D eigenvalue weighted by molar-refractivity contribution is 6.29. The molecule has 11 aromatic carbocycles. The molecule has 0 N–H and O–H groups in total. The molecule has 0 bridgehead atoms. The Morgan fingerprint density at radius 1 is 0.314 bits per heavy atom. The van der Waals surface area contributed by atoms with Crippen LogP contribution in [0.4, 0.5) is 0 Å². The van der Waals surface area contributed by atoms with Gasteiger partial charge in [-0.1, -0.05) is 255 Å². The van der Waals surface area contributed by atoms with Crippen LogP contribution in [0, 0.1) is 0 Å². The predicted molar refractivity (Wildman–Crippen MR) is 290 cm³/mol. The van der Waals surface area contributed by atoms with E-state index >= 15 is 0 Å². The van der Waals surface area contributed by atoms with Gasteiger partial charge in [-0.15, -0.1) is 0 Å². The van der Waals surface area contributed by atoms with Crippen molar-refractivity contribution in [2.45, 2.75) is 11.8 Å². The molecule has 2 aliphatic rings. The molecule has 0 saturated carbocycles. The van der Waals surface area contributed by atoms with E-state index in [0.717, 1.165) is 11.1 Å². The van der Waals surface area contributed by atoms with Crippen LogP contribution in [0.25, 0.3) is 76.8 Å². The molecule has 0 unspecified atom stereocenters. The van der Waals surface area contributed by atoms with Gasteiger partial charge in [-0.2, -0.15) is 0 Å². The van der Waals surface area contributed by atoms with Gasteiger partial charge in [-0.25, -0.2) is 0 Å². The second-order valence-corrected chi connectivity index (χ2v) is 18.1. The van der Waals surface area contributed by atoms with Crippen molar-refractivity contribution >= 4 is 43.9 Å². The molecular weight excluding hydrogens is 849 g/mol. The Labute approximate surface area is 408 Å². The number of Topliss-reactive ketones (excluding diaryl/α,β-unsaturated/α-hetero) is 2. The fourth-order valence-electron chi connectivity index (χ4n) is 11.1. The molecular formula is C68H46O2. The molecule has 0 saturated heterocycles. The first-order valence-corrected chi connectivity index (χ1v) is 24.0. The number of ketones is 2. The van der Waals surface area contributed by atoms with Crippen LogP contribution in [0.3, 0.4) is 0 Å². The standard InChI is InChI=1S/C42H28.C26H18O2/c1-4-13-29(14-5-1)30-23-25-31(26-24-30)35-22-12-19-34-27-39-40(28-38(34)35)42(33-17-8-3-9-18-33)37-21-11-10-20-36(37)41(39)32-15-6-2-7-16-32;27-24-20-14-7-8-15-21(20)25(28)23-22(24)16-9-17-26(23,18-10-3-1-4-11-18)19-12-5-2-6-13-19/h1-28H;1-16H,17H2. The molecule has 0 heterocycles. The van der Waals surface area contributed by atoms with Crippen molar-refractivity contribution in [2.75, 3.05) is 0 Å². The summed E-state index contributed by atoms with van der Waals surface area (Å²) in [4.78, 5) is 27.0. The largest absolute Gasteiger partial charge is 0.289 e. The number of hydrogen-bond acceptors (Lipinski definition) is 2. The van der Waals surface area contributed by atoms with Gasteiger partial charge in [0.25, 0.3) is 0 Å². The second kappa shape index (κ2) is 17.9. The number of rotatable bonds is 6. The van der Waals surface area contributed by atoms with Crippen LogP contribution in [0.5, 0.6) is 0 Å². The molecule has 0 fully saturated rings. The van der Waals surface area contributed by atoms with Crippen molar-refractivity contribution < 1.29 is 9.59 Å². The highest BCUT2D eigenvalue weighted by atomic mass is 16.1. The topological polar surface area (TPSA) is 34.1 Å². The Balaban J connectivity index is 0.000000157. The lowest BCUT2D eigenvalue weighted by Gasteiger charge is -2.40. The van der Waals surface area contributed by atoms with E-state index in [0.29, 0.717) is 28.7 Å². The SMILES string of the molecule is O=C1C2=C(C(=O)c3ccccc31)C(c1ccccc1)(c1ccccc1)CC=C2.c1ccc(-c2ccc(-c3cccc4cc5c(-c6ccccc6)c6ccccc6c(-c6ccccc6)c5cc34)cc2)cc1. The molecule has 13 rings (SSSR count). The molecule has 0 aromatic heterocycles. The molecule has 70 heavy (non-hydrogen) atoms. The first-order chi connectivity index (χ1) is 34.6. The first-order valence-electron chi connectivity index (χ1n) is 24.0. The lowest BCUT2D eigenvalue weighted by Crippen LogP contribution is -2.39. The maximum absolute atomic E-state index is 13.7. The van der Waals surface area contributed by atoms with Gasteiger partial charge in [0.15, 0.2) is 11.6 Å². The summed E-state index contributed by atoms with van der Waals surface area (Å²) in [5, 5.41) is 7.63.